The molecule has 1 aliphatic heterocycles. The Balaban J connectivity index is 1.29. The van der Waals surface area contributed by atoms with Gasteiger partial charge in [0.1, 0.15) is 0 Å². The molecule has 0 saturated carbocycles. The predicted octanol–water partition coefficient (Wildman–Crippen LogP) is 4.01. The number of aromatic nitrogens is 1. The smallest absolute Gasteiger partial charge is 0.224 e. The number of hydrogen-bond donors (Lipinski definition) is 2. The predicted molar refractivity (Wildman–Crippen MR) is 107 cm³/mol. The molecule has 1 saturated heterocycles. The molecule has 0 aliphatic carbocycles. The van der Waals surface area contributed by atoms with Crippen LogP contribution in [0.3, 0.4) is 0 Å². The second kappa shape index (κ2) is 7.42. The van der Waals surface area contributed by atoms with Crippen LogP contribution in [0, 0.1) is 5.92 Å². The molecule has 1 unspecified atom stereocenters. The van der Waals surface area contributed by atoms with Crippen LogP contribution in [0.4, 0.5) is 5.69 Å². The summed E-state index contributed by atoms with van der Waals surface area (Å²) in [6.45, 7) is 2.71. The van der Waals surface area contributed by atoms with Gasteiger partial charge in [0, 0.05) is 47.4 Å². The van der Waals surface area contributed by atoms with Crippen molar-refractivity contribution in [2.45, 2.75) is 12.8 Å². The SMILES string of the molecule is O=C(Cc1c[nH]c2ccccc12)NCC1CCN(c2ccc(Cl)cc2)C1. The Hall–Kier alpha value is -2.46. The van der Waals surface area contributed by atoms with E-state index >= 15 is 0 Å². The van der Waals surface area contributed by atoms with Gasteiger partial charge in [-0.15, -0.1) is 0 Å². The molecule has 1 fully saturated rings. The fourth-order valence-electron chi connectivity index (χ4n) is 3.66. The summed E-state index contributed by atoms with van der Waals surface area (Å²) >= 11 is 5.96. The van der Waals surface area contributed by atoms with E-state index in [0.717, 1.165) is 47.5 Å². The quantitative estimate of drug-likeness (QED) is 0.715. The summed E-state index contributed by atoms with van der Waals surface area (Å²) in [4.78, 5) is 17.9. The van der Waals surface area contributed by atoms with Crippen molar-refractivity contribution in [3.05, 3.63) is 65.3 Å². The molecule has 5 heteroatoms. The van der Waals surface area contributed by atoms with Gasteiger partial charge in [-0.3, -0.25) is 4.79 Å². The average Bonchev–Trinajstić information content (AvgIpc) is 3.28. The van der Waals surface area contributed by atoms with E-state index in [0.29, 0.717) is 12.3 Å². The van der Waals surface area contributed by atoms with Crippen molar-refractivity contribution in [1.29, 1.82) is 0 Å². The van der Waals surface area contributed by atoms with Crippen LogP contribution in [-0.2, 0) is 11.2 Å². The van der Waals surface area contributed by atoms with Crippen LogP contribution in [-0.4, -0.2) is 30.5 Å². The number of amides is 1. The van der Waals surface area contributed by atoms with Gasteiger partial charge in [-0.1, -0.05) is 29.8 Å². The number of aromatic amines is 1. The highest BCUT2D eigenvalue weighted by atomic mass is 35.5. The molecule has 3 aromatic rings. The van der Waals surface area contributed by atoms with Crippen molar-refractivity contribution in [2.75, 3.05) is 24.5 Å². The fraction of sp³-hybridized carbons (Fsp3) is 0.286. The molecule has 1 aromatic heterocycles. The molecule has 4 rings (SSSR count). The van der Waals surface area contributed by atoms with Crippen molar-refractivity contribution in [2.24, 2.45) is 5.92 Å². The second-order valence-corrected chi connectivity index (χ2v) is 7.35. The molecule has 1 amide bonds. The number of para-hydroxylation sites is 1. The average molecular weight is 368 g/mol. The van der Waals surface area contributed by atoms with E-state index in [-0.39, 0.29) is 5.91 Å². The van der Waals surface area contributed by atoms with Gasteiger partial charge in [0.05, 0.1) is 6.42 Å². The highest BCUT2D eigenvalue weighted by Gasteiger charge is 2.23. The van der Waals surface area contributed by atoms with E-state index in [4.69, 9.17) is 11.6 Å². The first-order valence-corrected chi connectivity index (χ1v) is 9.39. The molecule has 1 atom stereocenters. The van der Waals surface area contributed by atoms with Crippen LogP contribution in [0.5, 0.6) is 0 Å². The van der Waals surface area contributed by atoms with Gasteiger partial charge in [-0.05, 0) is 48.2 Å². The molecule has 134 valence electrons. The van der Waals surface area contributed by atoms with Crippen LogP contribution < -0.4 is 10.2 Å². The number of rotatable bonds is 5. The van der Waals surface area contributed by atoms with Gasteiger partial charge in [-0.25, -0.2) is 0 Å². The molecule has 2 N–H and O–H groups in total. The minimum Gasteiger partial charge on any atom is -0.371 e. The lowest BCUT2D eigenvalue weighted by atomic mass is 10.1. The van der Waals surface area contributed by atoms with Gasteiger partial charge in [-0.2, -0.15) is 0 Å². The monoisotopic (exact) mass is 367 g/mol. The van der Waals surface area contributed by atoms with E-state index in [1.54, 1.807) is 0 Å². The molecule has 0 radical (unpaired) electrons. The number of anilines is 1. The minimum absolute atomic E-state index is 0.0831. The lowest BCUT2D eigenvalue weighted by molar-refractivity contribution is -0.120. The summed E-state index contributed by atoms with van der Waals surface area (Å²) in [5.41, 5.74) is 3.32. The van der Waals surface area contributed by atoms with E-state index in [9.17, 15) is 4.79 Å². The minimum atomic E-state index is 0.0831. The number of benzene rings is 2. The maximum atomic E-state index is 12.3. The van der Waals surface area contributed by atoms with Crippen molar-refractivity contribution in [3.8, 4) is 0 Å². The topological polar surface area (TPSA) is 48.1 Å². The normalized spacial score (nSPS) is 17.0. The molecule has 4 nitrogen and oxygen atoms in total. The van der Waals surface area contributed by atoms with Gasteiger partial charge in [0.15, 0.2) is 0 Å². The third kappa shape index (κ3) is 3.70. The van der Waals surface area contributed by atoms with E-state index in [1.807, 2.05) is 36.5 Å². The Labute approximate surface area is 158 Å². The molecule has 0 bridgehead atoms. The zero-order valence-electron chi connectivity index (χ0n) is 14.5. The highest BCUT2D eigenvalue weighted by molar-refractivity contribution is 6.30. The van der Waals surface area contributed by atoms with Crippen LogP contribution in [0.1, 0.15) is 12.0 Å². The molecular formula is C21H22ClN3O. The number of nitrogens with zero attached hydrogens (tertiary/aromatic N) is 1. The molecule has 1 aliphatic rings. The number of fused-ring (bicyclic) bond motifs is 1. The zero-order valence-corrected chi connectivity index (χ0v) is 15.3. The van der Waals surface area contributed by atoms with Gasteiger partial charge >= 0.3 is 0 Å². The lowest BCUT2D eigenvalue weighted by Gasteiger charge is -2.19. The van der Waals surface area contributed by atoms with Crippen LogP contribution in [0.2, 0.25) is 5.02 Å². The number of H-pyrrole nitrogens is 1. The Morgan fingerprint density at radius 1 is 1.19 bits per heavy atom. The van der Waals surface area contributed by atoms with Gasteiger partial charge in [0.25, 0.3) is 0 Å². The largest absolute Gasteiger partial charge is 0.371 e. The Bertz CT molecular complexity index is 903. The lowest BCUT2D eigenvalue weighted by Crippen LogP contribution is -2.32. The third-order valence-electron chi connectivity index (χ3n) is 5.09. The summed E-state index contributed by atoms with van der Waals surface area (Å²) in [5, 5.41) is 4.99. The van der Waals surface area contributed by atoms with Crippen molar-refractivity contribution >= 4 is 34.1 Å². The molecule has 2 heterocycles. The Morgan fingerprint density at radius 3 is 2.85 bits per heavy atom. The maximum Gasteiger partial charge on any atom is 0.224 e. The van der Waals surface area contributed by atoms with E-state index < -0.39 is 0 Å². The first-order chi connectivity index (χ1) is 12.7. The van der Waals surface area contributed by atoms with Gasteiger partial charge in [0.2, 0.25) is 5.91 Å². The van der Waals surface area contributed by atoms with E-state index in [1.165, 1.54) is 5.69 Å². The summed E-state index contributed by atoms with van der Waals surface area (Å²) < 4.78 is 0. The first kappa shape index (κ1) is 17.0. The Morgan fingerprint density at radius 2 is 2.00 bits per heavy atom. The second-order valence-electron chi connectivity index (χ2n) is 6.92. The molecule has 26 heavy (non-hydrogen) atoms. The summed E-state index contributed by atoms with van der Waals surface area (Å²) in [7, 11) is 0. The van der Waals surface area contributed by atoms with Crippen molar-refractivity contribution < 1.29 is 4.79 Å². The van der Waals surface area contributed by atoms with Gasteiger partial charge < -0.3 is 15.2 Å². The number of halogens is 1. The first-order valence-electron chi connectivity index (χ1n) is 9.01. The number of carbonyl (C=O) groups is 1. The number of hydrogen-bond acceptors (Lipinski definition) is 2. The number of nitrogens with one attached hydrogen (secondary N) is 2. The van der Waals surface area contributed by atoms with Crippen molar-refractivity contribution in [1.82, 2.24) is 10.3 Å². The van der Waals surface area contributed by atoms with Crippen LogP contribution in [0.25, 0.3) is 10.9 Å². The van der Waals surface area contributed by atoms with E-state index in [2.05, 4.69) is 33.4 Å². The summed E-state index contributed by atoms with van der Waals surface area (Å²) in [6.07, 6.45) is 3.44. The standard InChI is InChI=1S/C21H22ClN3O/c22-17-5-7-18(8-6-17)25-10-9-15(14-25)12-24-21(26)11-16-13-23-20-4-2-1-3-19(16)20/h1-8,13,15,23H,9-12,14H2,(H,24,26). The molecule has 2 aromatic carbocycles. The molecule has 0 spiro atoms. The zero-order chi connectivity index (χ0) is 17.9. The summed E-state index contributed by atoms with van der Waals surface area (Å²) in [6, 6.07) is 16.0. The van der Waals surface area contributed by atoms with Crippen molar-refractivity contribution in [3.63, 3.8) is 0 Å². The maximum absolute atomic E-state index is 12.3. The fourth-order valence-corrected chi connectivity index (χ4v) is 3.78. The number of carbonyl (C=O) groups excluding carboxylic acids is 1. The Kier molecular flexibility index (Phi) is 4.85. The highest BCUT2D eigenvalue weighted by Crippen LogP contribution is 2.25. The van der Waals surface area contributed by atoms with Crippen LogP contribution >= 0.6 is 11.6 Å². The van der Waals surface area contributed by atoms with Crippen LogP contribution in [0.15, 0.2) is 54.7 Å². The summed E-state index contributed by atoms with van der Waals surface area (Å²) in [5.74, 6) is 0.567. The third-order valence-corrected chi connectivity index (χ3v) is 5.34. The molecular weight excluding hydrogens is 346 g/mol.